The molecule has 0 bridgehead atoms. The molecule has 0 aliphatic heterocycles. The van der Waals surface area contributed by atoms with E-state index in [0.29, 0.717) is 22.5 Å². The first kappa shape index (κ1) is 16.7. The van der Waals surface area contributed by atoms with Gasteiger partial charge < -0.3 is 4.74 Å². The standard InChI is InChI=1S/C17H16Cl2N4O/c1-11(2)5-4-8-23-15-13(16(19)22-23)6-3-7-14(15)24-17-20-9-12(18)10-21-17/h3,5-7,9-10H,4,8H2,1-2H3. The van der Waals surface area contributed by atoms with Crippen LogP contribution in [0.15, 0.2) is 42.2 Å². The lowest BCUT2D eigenvalue weighted by molar-refractivity contribution is 0.442. The van der Waals surface area contributed by atoms with E-state index in [0.717, 1.165) is 17.3 Å². The molecule has 0 aliphatic rings. The topological polar surface area (TPSA) is 52.8 Å². The number of rotatable bonds is 5. The summed E-state index contributed by atoms with van der Waals surface area (Å²) in [6, 6.07) is 5.84. The number of aryl methyl sites for hydroxylation is 1. The number of ether oxygens (including phenoxy) is 1. The second kappa shape index (κ2) is 7.20. The van der Waals surface area contributed by atoms with Crippen molar-refractivity contribution in [3.8, 4) is 11.8 Å². The minimum absolute atomic E-state index is 0.222. The Kier molecular flexibility index (Phi) is 5.02. The van der Waals surface area contributed by atoms with Crippen LogP contribution in [0.4, 0.5) is 0 Å². The van der Waals surface area contributed by atoms with Gasteiger partial charge in [-0.25, -0.2) is 9.97 Å². The minimum atomic E-state index is 0.222. The van der Waals surface area contributed by atoms with E-state index in [9.17, 15) is 0 Å². The Morgan fingerprint density at radius 2 is 1.96 bits per heavy atom. The zero-order chi connectivity index (χ0) is 17.1. The molecule has 2 aromatic heterocycles. The van der Waals surface area contributed by atoms with Crippen molar-refractivity contribution in [1.82, 2.24) is 19.7 Å². The predicted molar refractivity (Wildman–Crippen MR) is 95.9 cm³/mol. The number of fused-ring (bicyclic) bond motifs is 1. The number of hydrogen-bond acceptors (Lipinski definition) is 4. The normalized spacial score (nSPS) is 10.8. The molecular weight excluding hydrogens is 347 g/mol. The van der Waals surface area contributed by atoms with E-state index < -0.39 is 0 Å². The van der Waals surface area contributed by atoms with Crippen molar-refractivity contribution < 1.29 is 4.74 Å². The van der Waals surface area contributed by atoms with Gasteiger partial charge in [0.1, 0.15) is 5.52 Å². The molecule has 0 fully saturated rings. The van der Waals surface area contributed by atoms with Gasteiger partial charge in [-0.3, -0.25) is 4.68 Å². The molecule has 0 N–H and O–H groups in total. The van der Waals surface area contributed by atoms with Crippen molar-refractivity contribution in [2.75, 3.05) is 0 Å². The molecule has 0 radical (unpaired) electrons. The van der Waals surface area contributed by atoms with Crippen LogP contribution in [-0.2, 0) is 6.54 Å². The Morgan fingerprint density at radius 1 is 1.21 bits per heavy atom. The smallest absolute Gasteiger partial charge is 0.322 e. The fourth-order valence-electron chi connectivity index (χ4n) is 2.34. The molecule has 2 heterocycles. The minimum Gasteiger partial charge on any atom is -0.422 e. The van der Waals surface area contributed by atoms with Crippen LogP contribution in [0.25, 0.3) is 10.9 Å². The Labute approximate surface area is 149 Å². The molecule has 7 heteroatoms. The summed E-state index contributed by atoms with van der Waals surface area (Å²) in [5.74, 6) is 0.603. The van der Waals surface area contributed by atoms with Crippen molar-refractivity contribution in [2.24, 2.45) is 0 Å². The largest absolute Gasteiger partial charge is 0.422 e. The van der Waals surface area contributed by atoms with E-state index in [2.05, 4.69) is 35.0 Å². The van der Waals surface area contributed by atoms with Gasteiger partial charge in [-0.1, -0.05) is 40.9 Å². The van der Waals surface area contributed by atoms with Gasteiger partial charge in [0.15, 0.2) is 10.9 Å². The molecule has 0 unspecified atom stereocenters. The molecular formula is C17H16Cl2N4O. The van der Waals surface area contributed by atoms with E-state index in [-0.39, 0.29) is 6.01 Å². The van der Waals surface area contributed by atoms with E-state index in [4.69, 9.17) is 27.9 Å². The van der Waals surface area contributed by atoms with E-state index in [1.165, 1.54) is 18.0 Å². The maximum absolute atomic E-state index is 6.26. The van der Waals surface area contributed by atoms with Crippen LogP contribution >= 0.6 is 23.2 Å². The van der Waals surface area contributed by atoms with Crippen LogP contribution in [0.5, 0.6) is 11.8 Å². The second-order valence-electron chi connectivity index (χ2n) is 5.52. The number of hydrogen-bond donors (Lipinski definition) is 0. The zero-order valence-corrected chi connectivity index (χ0v) is 14.8. The predicted octanol–water partition coefficient (Wildman–Crippen LogP) is 5.28. The van der Waals surface area contributed by atoms with Gasteiger partial charge >= 0.3 is 6.01 Å². The summed E-state index contributed by atoms with van der Waals surface area (Å²) >= 11 is 12.1. The molecule has 0 spiro atoms. The fourth-order valence-corrected chi connectivity index (χ4v) is 2.68. The molecule has 1 aromatic carbocycles. The van der Waals surface area contributed by atoms with Crippen LogP contribution in [0.3, 0.4) is 0 Å². The third kappa shape index (κ3) is 3.68. The first-order valence-corrected chi connectivity index (χ1v) is 8.24. The molecule has 0 aliphatic carbocycles. The highest BCUT2D eigenvalue weighted by molar-refractivity contribution is 6.34. The third-order valence-corrected chi connectivity index (χ3v) is 3.85. The van der Waals surface area contributed by atoms with Gasteiger partial charge in [0.25, 0.3) is 0 Å². The first-order valence-electron chi connectivity index (χ1n) is 7.48. The maximum atomic E-state index is 6.26. The SMILES string of the molecule is CC(C)=CCCn1nc(Cl)c2cccc(Oc3ncc(Cl)cn3)c21. The zero-order valence-electron chi connectivity index (χ0n) is 13.3. The highest BCUT2D eigenvalue weighted by Gasteiger charge is 2.14. The molecule has 3 rings (SSSR count). The summed E-state index contributed by atoms with van der Waals surface area (Å²) in [4.78, 5) is 8.13. The van der Waals surface area contributed by atoms with Gasteiger partial charge in [-0.05, 0) is 32.4 Å². The van der Waals surface area contributed by atoms with Crippen LogP contribution in [0.1, 0.15) is 20.3 Å². The van der Waals surface area contributed by atoms with Crippen molar-refractivity contribution in [3.05, 3.63) is 52.4 Å². The summed E-state index contributed by atoms with van der Waals surface area (Å²) in [6.07, 6.45) is 6.00. The first-order chi connectivity index (χ1) is 11.5. The van der Waals surface area contributed by atoms with Crippen molar-refractivity contribution >= 4 is 34.1 Å². The van der Waals surface area contributed by atoms with Crippen LogP contribution in [-0.4, -0.2) is 19.7 Å². The number of allylic oxidation sites excluding steroid dienone is 2. The summed E-state index contributed by atoms with van der Waals surface area (Å²) in [7, 11) is 0. The van der Waals surface area contributed by atoms with Gasteiger partial charge in [-0.2, -0.15) is 5.10 Å². The van der Waals surface area contributed by atoms with Crippen molar-refractivity contribution in [2.45, 2.75) is 26.8 Å². The number of para-hydroxylation sites is 1. The lowest BCUT2D eigenvalue weighted by atomic mass is 10.2. The van der Waals surface area contributed by atoms with Gasteiger partial charge in [0, 0.05) is 11.9 Å². The highest BCUT2D eigenvalue weighted by Crippen LogP contribution is 2.32. The molecule has 3 aromatic rings. The summed E-state index contributed by atoms with van der Waals surface area (Å²) in [5.41, 5.74) is 2.09. The van der Waals surface area contributed by atoms with Crippen molar-refractivity contribution in [1.29, 1.82) is 0 Å². The monoisotopic (exact) mass is 362 g/mol. The molecule has 0 saturated heterocycles. The maximum Gasteiger partial charge on any atom is 0.322 e. The average molecular weight is 363 g/mol. The Morgan fingerprint density at radius 3 is 2.67 bits per heavy atom. The average Bonchev–Trinajstić information content (AvgIpc) is 2.87. The highest BCUT2D eigenvalue weighted by atomic mass is 35.5. The Balaban J connectivity index is 1.97. The van der Waals surface area contributed by atoms with Gasteiger partial charge in [0.2, 0.25) is 0 Å². The quantitative estimate of drug-likeness (QED) is 0.579. The second-order valence-corrected chi connectivity index (χ2v) is 6.32. The third-order valence-electron chi connectivity index (χ3n) is 3.38. The number of benzene rings is 1. The number of nitrogens with zero attached hydrogens (tertiary/aromatic N) is 4. The summed E-state index contributed by atoms with van der Waals surface area (Å²) in [5, 5.41) is 6.15. The van der Waals surface area contributed by atoms with E-state index in [1.54, 1.807) is 0 Å². The molecule has 24 heavy (non-hydrogen) atoms. The van der Waals surface area contributed by atoms with Crippen LogP contribution < -0.4 is 4.74 Å². The lowest BCUT2D eigenvalue weighted by Gasteiger charge is -2.08. The Hall–Kier alpha value is -2.11. The lowest BCUT2D eigenvalue weighted by Crippen LogP contribution is -2.01. The van der Waals surface area contributed by atoms with Crippen LogP contribution in [0, 0.1) is 0 Å². The molecule has 5 nitrogen and oxygen atoms in total. The summed E-state index contributed by atoms with van der Waals surface area (Å²) in [6.45, 7) is 4.84. The molecule has 0 saturated carbocycles. The van der Waals surface area contributed by atoms with Gasteiger partial charge in [-0.15, -0.1) is 0 Å². The van der Waals surface area contributed by atoms with Crippen LogP contribution in [0.2, 0.25) is 10.2 Å². The van der Waals surface area contributed by atoms with E-state index >= 15 is 0 Å². The molecule has 0 atom stereocenters. The van der Waals surface area contributed by atoms with E-state index in [1.807, 2.05) is 22.9 Å². The molecule has 124 valence electrons. The van der Waals surface area contributed by atoms with Crippen molar-refractivity contribution in [3.63, 3.8) is 0 Å². The summed E-state index contributed by atoms with van der Waals surface area (Å²) < 4.78 is 7.66. The number of halogens is 2. The number of aromatic nitrogens is 4. The fraction of sp³-hybridized carbons (Fsp3) is 0.235. The Bertz CT molecular complexity index is 883. The van der Waals surface area contributed by atoms with Gasteiger partial charge in [0.05, 0.1) is 17.4 Å². The molecule has 0 amide bonds.